The van der Waals surface area contributed by atoms with E-state index in [4.69, 9.17) is 0 Å². The number of carbonyl (C=O) groups is 3. The largest absolute Gasteiger partial charge is 0.349 e. The van der Waals surface area contributed by atoms with Gasteiger partial charge in [0.25, 0.3) is 5.91 Å². The van der Waals surface area contributed by atoms with Crippen molar-refractivity contribution in [3.05, 3.63) is 65.7 Å². The molecule has 2 aromatic carbocycles. The molecule has 0 unspecified atom stereocenters. The van der Waals surface area contributed by atoms with Gasteiger partial charge in [-0.25, -0.2) is 13.2 Å². The predicted octanol–water partition coefficient (Wildman–Crippen LogP) is 3.02. The first-order valence-corrected chi connectivity index (χ1v) is 15.5. The minimum absolute atomic E-state index is 0.0641. The highest BCUT2D eigenvalue weighted by atomic mass is 32.2. The van der Waals surface area contributed by atoms with Crippen LogP contribution < -0.4 is 10.6 Å². The Morgan fingerprint density at radius 3 is 2.33 bits per heavy atom. The Hall–Kier alpha value is -3.24. The zero-order valence-electron chi connectivity index (χ0n) is 22.3. The number of nitrogens with zero attached hydrogens (tertiary/aromatic N) is 2. The van der Waals surface area contributed by atoms with Crippen LogP contribution in [0.25, 0.3) is 0 Å². The molecule has 2 heterocycles. The van der Waals surface area contributed by atoms with Crippen LogP contribution in [0.4, 0.5) is 4.79 Å². The van der Waals surface area contributed by atoms with Crippen LogP contribution >= 0.6 is 0 Å². The Morgan fingerprint density at radius 2 is 1.72 bits per heavy atom. The fourth-order valence-corrected chi connectivity index (χ4v) is 6.13. The standard InChI is InChI=1S/C29H36N4O5S/c1-39(37,38)24-11-9-22(10-12-24)20-33-27(35)29(31-28(33)36)14-17-32(18-15-29)16-13-25(23-5-3-2-4-6-23)30-26(34)19-21-7-8-21/h2-6,9-12,21,25H,7-8,13-20H2,1H3,(H,30,34)(H,31,36)/t25-/m0/s1. The summed E-state index contributed by atoms with van der Waals surface area (Å²) in [4.78, 5) is 42.4. The molecule has 2 aromatic rings. The SMILES string of the molecule is CS(=O)(=O)c1ccc(CN2C(=O)NC3(CCN(CC[C@H](NC(=O)CC4CC4)c4ccccc4)CC3)C2=O)cc1. The third kappa shape index (κ3) is 6.50. The molecular weight excluding hydrogens is 516 g/mol. The third-order valence-electron chi connectivity index (χ3n) is 8.09. The van der Waals surface area contributed by atoms with Crippen molar-refractivity contribution >= 4 is 27.7 Å². The van der Waals surface area contributed by atoms with Crippen LogP contribution in [0.1, 0.15) is 55.7 Å². The molecule has 3 aliphatic rings. The molecular formula is C29H36N4O5S. The molecule has 3 fully saturated rings. The van der Waals surface area contributed by atoms with E-state index in [0.717, 1.165) is 37.6 Å². The first kappa shape index (κ1) is 27.3. The van der Waals surface area contributed by atoms with Crippen LogP contribution in [0.5, 0.6) is 0 Å². The van der Waals surface area contributed by atoms with Gasteiger partial charge in [-0.15, -0.1) is 0 Å². The maximum atomic E-state index is 13.4. The summed E-state index contributed by atoms with van der Waals surface area (Å²) in [6.07, 6.45) is 5.82. The summed E-state index contributed by atoms with van der Waals surface area (Å²) in [6, 6.07) is 15.8. The molecule has 1 spiro atoms. The van der Waals surface area contributed by atoms with Gasteiger partial charge in [-0.2, -0.15) is 0 Å². The highest BCUT2D eigenvalue weighted by Gasteiger charge is 2.52. The summed E-state index contributed by atoms with van der Waals surface area (Å²) in [5, 5.41) is 6.17. The number of urea groups is 1. The number of piperidine rings is 1. The molecule has 0 aromatic heterocycles. The first-order valence-electron chi connectivity index (χ1n) is 13.6. The van der Waals surface area contributed by atoms with Gasteiger partial charge in [-0.05, 0) is 61.3 Å². The maximum absolute atomic E-state index is 13.4. The van der Waals surface area contributed by atoms with E-state index in [2.05, 4.69) is 15.5 Å². The number of likely N-dealkylation sites (tertiary alicyclic amines) is 1. The van der Waals surface area contributed by atoms with Crippen molar-refractivity contribution in [2.45, 2.75) is 61.5 Å². The van der Waals surface area contributed by atoms with E-state index >= 15 is 0 Å². The zero-order chi connectivity index (χ0) is 27.6. The number of hydrogen-bond donors (Lipinski definition) is 2. The summed E-state index contributed by atoms with van der Waals surface area (Å²) in [5.74, 6) is 0.411. The van der Waals surface area contributed by atoms with Crippen LogP contribution in [0.15, 0.2) is 59.5 Å². The molecule has 2 N–H and O–H groups in total. The van der Waals surface area contributed by atoms with Gasteiger partial charge in [0, 0.05) is 32.3 Å². The number of benzene rings is 2. The van der Waals surface area contributed by atoms with Gasteiger partial charge in [0.2, 0.25) is 5.91 Å². The molecule has 2 aliphatic heterocycles. The predicted molar refractivity (Wildman–Crippen MR) is 146 cm³/mol. The van der Waals surface area contributed by atoms with Crippen molar-refractivity contribution in [1.82, 2.24) is 20.4 Å². The van der Waals surface area contributed by atoms with Gasteiger partial charge < -0.3 is 15.5 Å². The topological polar surface area (TPSA) is 116 Å². The van der Waals surface area contributed by atoms with Gasteiger partial charge in [0.1, 0.15) is 5.54 Å². The second-order valence-electron chi connectivity index (χ2n) is 11.1. The number of sulfone groups is 1. The van der Waals surface area contributed by atoms with Crippen LogP contribution in [-0.2, 0) is 26.0 Å². The second-order valence-corrected chi connectivity index (χ2v) is 13.1. The summed E-state index contributed by atoms with van der Waals surface area (Å²) in [6.45, 7) is 2.21. The lowest BCUT2D eigenvalue weighted by Crippen LogP contribution is -2.55. The number of hydrogen-bond acceptors (Lipinski definition) is 6. The van der Waals surface area contributed by atoms with Gasteiger partial charge in [0.05, 0.1) is 17.5 Å². The maximum Gasteiger partial charge on any atom is 0.325 e. The van der Waals surface area contributed by atoms with Crippen molar-refractivity contribution in [3.63, 3.8) is 0 Å². The Morgan fingerprint density at radius 1 is 1.05 bits per heavy atom. The normalized spacial score (nSPS) is 20.2. The molecule has 10 heteroatoms. The van der Waals surface area contributed by atoms with E-state index in [-0.39, 0.29) is 29.3 Å². The van der Waals surface area contributed by atoms with E-state index < -0.39 is 21.4 Å². The van der Waals surface area contributed by atoms with E-state index in [1.165, 1.54) is 17.0 Å². The van der Waals surface area contributed by atoms with Crippen molar-refractivity contribution in [2.75, 3.05) is 25.9 Å². The molecule has 1 aliphatic carbocycles. The molecule has 208 valence electrons. The summed E-state index contributed by atoms with van der Waals surface area (Å²) < 4.78 is 23.4. The van der Waals surface area contributed by atoms with E-state index in [1.807, 2.05) is 30.3 Å². The zero-order valence-corrected chi connectivity index (χ0v) is 23.1. The van der Waals surface area contributed by atoms with E-state index in [9.17, 15) is 22.8 Å². The smallest absolute Gasteiger partial charge is 0.325 e. The minimum Gasteiger partial charge on any atom is -0.349 e. The van der Waals surface area contributed by atoms with Crippen molar-refractivity contribution in [1.29, 1.82) is 0 Å². The van der Waals surface area contributed by atoms with Crippen molar-refractivity contribution in [3.8, 4) is 0 Å². The molecule has 0 radical (unpaired) electrons. The fourth-order valence-electron chi connectivity index (χ4n) is 5.50. The highest BCUT2D eigenvalue weighted by Crippen LogP contribution is 2.33. The summed E-state index contributed by atoms with van der Waals surface area (Å²) >= 11 is 0. The number of imide groups is 1. The lowest BCUT2D eigenvalue weighted by Gasteiger charge is -2.37. The Labute approximate surface area is 229 Å². The molecule has 0 bridgehead atoms. The van der Waals surface area contributed by atoms with Gasteiger partial charge >= 0.3 is 6.03 Å². The molecule has 4 amide bonds. The number of amides is 4. The molecule has 39 heavy (non-hydrogen) atoms. The van der Waals surface area contributed by atoms with Crippen LogP contribution in [0, 0.1) is 5.92 Å². The lowest BCUT2D eigenvalue weighted by atomic mass is 9.87. The van der Waals surface area contributed by atoms with Crippen molar-refractivity contribution < 1.29 is 22.8 Å². The van der Waals surface area contributed by atoms with E-state index in [0.29, 0.717) is 43.8 Å². The van der Waals surface area contributed by atoms with Crippen molar-refractivity contribution in [2.24, 2.45) is 5.92 Å². The van der Waals surface area contributed by atoms with Crippen LogP contribution in [0.2, 0.25) is 0 Å². The quantitative estimate of drug-likeness (QED) is 0.438. The molecule has 9 nitrogen and oxygen atoms in total. The number of nitrogens with one attached hydrogen (secondary N) is 2. The number of rotatable bonds is 10. The molecule has 1 atom stereocenters. The lowest BCUT2D eigenvalue weighted by molar-refractivity contribution is -0.133. The summed E-state index contributed by atoms with van der Waals surface area (Å²) in [5.41, 5.74) is 0.877. The van der Waals surface area contributed by atoms with Gasteiger partial charge in [-0.3, -0.25) is 14.5 Å². The van der Waals surface area contributed by atoms with E-state index in [1.54, 1.807) is 12.1 Å². The highest BCUT2D eigenvalue weighted by molar-refractivity contribution is 7.90. The third-order valence-corrected chi connectivity index (χ3v) is 9.22. The summed E-state index contributed by atoms with van der Waals surface area (Å²) in [7, 11) is -3.32. The van der Waals surface area contributed by atoms with Gasteiger partial charge in [0.15, 0.2) is 9.84 Å². The average molecular weight is 553 g/mol. The Kier molecular flexibility index (Phi) is 7.77. The monoisotopic (exact) mass is 552 g/mol. The molecule has 2 saturated heterocycles. The average Bonchev–Trinajstić information content (AvgIpc) is 3.70. The van der Waals surface area contributed by atoms with Crippen LogP contribution in [-0.4, -0.2) is 67.5 Å². The number of carbonyl (C=O) groups excluding carboxylic acids is 3. The Bertz CT molecular complexity index is 1320. The Balaban J connectivity index is 1.16. The van der Waals surface area contributed by atoms with Gasteiger partial charge in [-0.1, -0.05) is 42.5 Å². The second kappa shape index (κ2) is 11.1. The van der Waals surface area contributed by atoms with Crippen LogP contribution in [0.3, 0.4) is 0 Å². The fraction of sp³-hybridized carbons (Fsp3) is 0.483. The molecule has 5 rings (SSSR count). The minimum atomic E-state index is -3.32. The molecule has 1 saturated carbocycles. The first-order chi connectivity index (χ1) is 18.6.